The molecule has 4 rings (SSSR count). The summed E-state index contributed by atoms with van der Waals surface area (Å²) in [6, 6.07) is -0.186. The van der Waals surface area contributed by atoms with E-state index in [0.29, 0.717) is 30.9 Å². The molecule has 146 valence electrons. The van der Waals surface area contributed by atoms with Crippen LogP contribution >= 0.6 is 0 Å². The van der Waals surface area contributed by atoms with Gasteiger partial charge in [0.2, 0.25) is 5.91 Å². The standard InChI is InChI=1S/C17H23N5O5/c1-19-10-18-14-13(19)15(24)22(17(25)20(14)2)9-12(23)21-6-4-3-5-11(21)16-26-7-8-27-16/h10-11,16H,3-9H2,1-2H3. The van der Waals surface area contributed by atoms with Crippen molar-refractivity contribution < 1.29 is 14.3 Å². The molecule has 2 aliphatic rings. The first-order valence-corrected chi connectivity index (χ1v) is 9.12. The Morgan fingerprint density at radius 1 is 1.22 bits per heavy atom. The summed E-state index contributed by atoms with van der Waals surface area (Å²) in [6.45, 7) is 1.28. The predicted octanol–water partition coefficient (Wildman–Crippen LogP) is -0.812. The van der Waals surface area contributed by atoms with Gasteiger partial charge in [-0.2, -0.15) is 0 Å². The van der Waals surface area contributed by atoms with Gasteiger partial charge in [-0.25, -0.2) is 14.3 Å². The van der Waals surface area contributed by atoms with E-state index in [4.69, 9.17) is 9.47 Å². The fraction of sp³-hybridized carbons (Fsp3) is 0.647. The van der Waals surface area contributed by atoms with Gasteiger partial charge in [-0.05, 0) is 19.3 Å². The van der Waals surface area contributed by atoms with Crippen LogP contribution in [0.4, 0.5) is 0 Å². The molecule has 0 bridgehead atoms. The van der Waals surface area contributed by atoms with Gasteiger partial charge in [-0.15, -0.1) is 0 Å². The molecule has 2 aromatic rings. The molecule has 2 saturated heterocycles. The summed E-state index contributed by atoms with van der Waals surface area (Å²) in [4.78, 5) is 44.2. The first kappa shape index (κ1) is 17.9. The van der Waals surface area contributed by atoms with Crippen LogP contribution < -0.4 is 11.2 Å². The minimum absolute atomic E-state index is 0.186. The summed E-state index contributed by atoms with van der Waals surface area (Å²) in [7, 11) is 3.23. The Morgan fingerprint density at radius 2 is 1.96 bits per heavy atom. The van der Waals surface area contributed by atoms with Crippen molar-refractivity contribution in [3.8, 4) is 0 Å². The molecular formula is C17H23N5O5. The number of likely N-dealkylation sites (tertiary alicyclic amines) is 1. The molecule has 10 nitrogen and oxygen atoms in total. The molecule has 27 heavy (non-hydrogen) atoms. The fourth-order valence-corrected chi connectivity index (χ4v) is 3.91. The second-order valence-corrected chi connectivity index (χ2v) is 7.02. The molecule has 2 aliphatic heterocycles. The lowest BCUT2D eigenvalue weighted by Crippen LogP contribution is -2.53. The molecule has 1 atom stereocenters. The highest BCUT2D eigenvalue weighted by Crippen LogP contribution is 2.24. The number of aromatic nitrogens is 4. The Hall–Kier alpha value is -2.46. The van der Waals surface area contributed by atoms with Crippen LogP contribution in [0.15, 0.2) is 15.9 Å². The van der Waals surface area contributed by atoms with Crippen LogP contribution in [0.2, 0.25) is 0 Å². The number of nitrogens with zero attached hydrogens (tertiary/aromatic N) is 5. The van der Waals surface area contributed by atoms with Gasteiger partial charge in [0.15, 0.2) is 17.5 Å². The molecule has 1 amide bonds. The maximum atomic E-state index is 13.0. The number of hydrogen-bond donors (Lipinski definition) is 0. The van der Waals surface area contributed by atoms with Gasteiger partial charge in [0.1, 0.15) is 6.54 Å². The third kappa shape index (κ3) is 2.98. The van der Waals surface area contributed by atoms with Crippen molar-refractivity contribution in [1.29, 1.82) is 0 Å². The zero-order valence-corrected chi connectivity index (χ0v) is 15.5. The summed E-state index contributed by atoms with van der Waals surface area (Å²) in [5.74, 6) is -0.278. The Labute approximate surface area is 154 Å². The average Bonchev–Trinajstić information content (AvgIpc) is 3.33. The summed E-state index contributed by atoms with van der Waals surface area (Å²) in [5, 5.41) is 0. The van der Waals surface area contributed by atoms with Crippen molar-refractivity contribution in [2.24, 2.45) is 14.1 Å². The SMILES string of the molecule is Cn1cnc2c1c(=O)n(CC(=O)N1CCCCC1C1OCCO1)c(=O)n2C. The number of rotatable bonds is 3. The number of ether oxygens (including phenoxy) is 2. The van der Waals surface area contributed by atoms with Crippen LogP contribution in [-0.2, 0) is 34.9 Å². The number of aryl methyl sites for hydroxylation is 2. The lowest BCUT2D eigenvalue weighted by Gasteiger charge is -2.38. The highest BCUT2D eigenvalue weighted by atomic mass is 16.7. The molecular weight excluding hydrogens is 354 g/mol. The summed E-state index contributed by atoms with van der Waals surface area (Å²) < 4.78 is 15.0. The third-order valence-electron chi connectivity index (χ3n) is 5.33. The van der Waals surface area contributed by atoms with E-state index < -0.39 is 17.5 Å². The van der Waals surface area contributed by atoms with Crippen LogP contribution in [-0.4, -0.2) is 61.6 Å². The Morgan fingerprint density at radius 3 is 2.70 bits per heavy atom. The van der Waals surface area contributed by atoms with E-state index in [1.54, 1.807) is 23.6 Å². The van der Waals surface area contributed by atoms with Crippen molar-refractivity contribution in [2.75, 3.05) is 19.8 Å². The number of carbonyl (C=O) groups is 1. The first-order valence-electron chi connectivity index (χ1n) is 9.12. The molecule has 2 aromatic heterocycles. The molecule has 0 saturated carbocycles. The van der Waals surface area contributed by atoms with Crippen molar-refractivity contribution in [1.82, 2.24) is 23.6 Å². The second kappa shape index (κ2) is 6.93. The summed E-state index contributed by atoms with van der Waals surface area (Å²) in [5.41, 5.74) is -0.466. The molecule has 0 aliphatic carbocycles. The average molecular weight is 377 g/mol. The zero-order chi connectivity index (χ0) is 19.1. The number of hydrogen-bond acceptors (Lipinski definition) is 6. The normalized spacial score (nSPS) is 21.3. The Balaban J connectivity index is 1.67. The monoisotopic (exact) mass is 377 g/mol. The Kier molecular flexibility index (Phi) is 4.60. The lowest BCUT2D eigenvalue weighted by atomic mass is 10.0. The van der Waals surface area contributed by atoms with Gasteiger partial charge >= 0.3 is 5.69 Å². The van der Waals surface area contributed by atoms with Crippen LogP contribution in [0.3, 0.4) is 0 Å². The van der Waals surface area contributed by atoms with E-state index in [1.807, 2.05) is 0 Å². The molecule has 0 aromatic carbocycles. The van der Waals surface area contributed by atoms with Crippen LogP contribution in [0.1, 0.15) is 19.3 Å². The summed E-state index contributed by atoms with van der Waals surface area (Å²) >= 11 is 0. The zero-order valence-electron chi connectivity index (χ0n) is 15.5. The predicted molar refractivity (Wildman–Crippen MR) is 95.3 cm³/mol. The van der Waals surface area contributed by atoms with E-state index >= 15 is 0 Å². The van der Waals surface area contributed by atoms with Crippen molar-refractivity contribution in [2.45, 2.75) is 38.1 Å². The lowest BCUT2D eigenvalue weighted by molar-refractivity contribution is -0.151. The number of fused-ring (bicyclic) bond motifs is 1. The van der Waals surface area contributed by atoms with Crippen molar-refractivity contribution in [3.63, 3.8) is 0 Å². The third-order valence-corrected chi connectivity index (χ3v) is 5.33. The largest absolute Gasteiger partial charge is 0.348 e. The van der Waals surface area contributed by atoms with Crippen LogP contribution in [0.5, 0.6) is 0 Å². The van der Waals surface area contributed by atoms with Gasteiger partial charge in [0.05, 0.1) is 25.6 Å². The number of imidazole rings is 1. The summed E-state index contributed by atoms with van der Waals surface area (Å²) in [6.07, 6.45) is 3.69. The van der Waals surface area contributed by atoms with E-state index in [9.17, 15) is 14.4 Å². The van der Waals surface area contributed by atoms with E-state index in [0.717, 1.165) is 23.8 Å². The van der Waals surface area contributed by atoms with Gasteiger partial charge in [0, 0.05) is 20.6 Å². The molecule has 0 N–H and O–H groups in total. The number of carbonyl (C=O) groups excluding carboxylic acids is 1. The topological polar surface area (TPSA) is 101 Å². The highest BCUT2D eigenvalue weighted by Gasteiger charge is 2.36. The second-order valence-electron chi connectivity index (χ2n) is 7.02. The maximum Gasteiger partial charge on any atom is 0.332 e. The molecule has 2 fully saturated rings. The quantitative estimate of drug-likeness (QED) is 0.693. The van der Waals surface area contributed by atoms with Gasteiger partial charge in [0.25, 0.3) is 5.56 Å². The molecule has 10 heteroatoms. The molecule has 4 heterocycles. The van der Waals surface area contributed by atoms with Gasteiger partial charge in [-0.1, -0.05) is 0 Å². The molecule has 0 spiro atoms. The molecule has 1 unspecified atom stereocenters. The highest BCUT2D eigenvalue weighted by molar-refractivity contribution is 5.77. The minimum Gasteiger partial charge on any atom is -0.348 e. The molecule has 0 radical (unpaired) electrons. The van der Waals surface area contributed by atoms with E-state index in [2.05, 4.69) is 4.98 Å². The van der Waals surface area contributed by atoms with E-state index in [-0.39, 0.29) is 18.5 Å². The maximum absolute atomic E-state index is 13.0. The number of amides is 1. The smallest absolute Gasteiger partial charge is 0.332 e. The van der Waals surface area contributed by atoms with Crippen LogP contribution in [0.25, 0.3) is 11.2 Å². The van der Waals surface area contributed by atoms with Crippen molar-refractivity contribution in [3.05, 3.63) is 27.2 Å². The van der Waals surface area contributed by atoms with Crippen molar-refractivity contribution >= 4 is 17.1 Å². The van der Waals surface area contributed by atoms with E-state index in [1.165, 1.54) is 10.9 Å². The van der Waals surface area contributed by atoms with Gasteiger partial charge in [-0.3, -0.25) is 14.2 Å². The minimum atomic E-state index is -0.554. The van der Waals surface area contributed by atoms with Gasteiger partial charge < -0.3 is 18.9 Å². The Bertz CT molecular complexity index is 984. The first-order chi connectivity index (χ1) is 13.0. The fourth-order valence-electron chi connectivity index (χ4n) is 3.91. The number of piperidine rings is 1. The van der Waals surface area contributed by atoms with Crippen LogP contribution in [0, 0.1) is 0 Å².